The molecule has 0 radical (unpaired) electrons. The van der Waals surface area contributed by atoms with Crippen LogP contribution in [0.5, 0.6) is 0 Å². The zero-order valence-corrected chi connectivity index (χ0v) is 18.3. The quantitative estimate of drug-likeness (QED) is 0.267. The molecule has 4 N–H and O–H groups in total. The third-order valence-corrected chi connectivity index (χ3v) is 6.66. The van der Waals surface area contributed by atoms with Gasteiger partial charge in [0.25, 0.3) is 0 Å². The smallest absolute Gasteiger partial charge is 0.374 e. The van der Waals surface area contributed by atoms with Gasteiger partial charge >= 0.3 is 14.8 Å². The van der Waals surface area contributed by atoms with Crippen LogP contribution < -0.4 is 11.5 Å². The maximum absolute atomic E-state index is 6.47. The molecule has 0 saturated heterocycles. The Hall–Kier alpha value is -0.103. The van der Waals surface area contributed by atoms with Gasteiger partial charge in [-0.3, -0.25) is 0 Å². The molecular formula is C17H40N2O6Si. The molecule has 0 spiro atoms. The van der Waals surface area contributed by atoms with Crippen LogP contribution in [0.4, 0.5) is 0 Å². The van der Waals surface area contributed by atoms with Gasteiger partial charge in [-0.1, -0.05) is 0 Å². The molecule has 9 heteroatoms. The molecule has 0 aliphatic rings. The second-order valence-corrected chi connectivity index (χ2v) is 8.21. The van der Waals surface area contributed by atoms with Gasteiger partial charge < -0.3 is 39.0 Å². The first-order chi connectivity index (χ1) is 12.5. The standard InChI is InChI=1S/C17H40N2O6Si/c1-6-20-17(21-7-2,22-8-3)16(12-14-19)25-26(23-9-4,24-10-5)15-11-13-18/h16H,6-15,18-19H2,1-5H3. The predicted molar refractivity (Wildman–Crippen MR) is 104 cm³/mol. The van der Waals surface area contributed by atoms with Crippen molar-refractivity contribution in [1.29, 1.82) is 0 Å². The summed E-state index contributed by atoms with van der Waals surface area (Å²) in [4.78, 5) is 0. The molecule has 0 fully saturated rings. The molecule has 1 unspecified atom stereocenters. The maximum Gasteiger partial charge on any atom is 0.501 e. The summed E-state index contributed by atoms with van der Waals surface area (Å²) in [7, 11) is -2.99. The molecule has 0 amide bonds. The van der Waals surface area contributed by atoms with Crippen molar-refractivity contribution >= 4 is 8.80 Å². The summed E-state index contributed by atoms with van der Waals surface area (Å²) < 4.78 is 36.2. The summed E-state index contributed by atoms with van der Waals surface area (Å²) in [5.74, 6) is -1.34. The van der Waals surface area contributed by atoms with E-state index in [0.29, 0.717) is 58.6 Å². The van der Waals surface area contributed by atoms with Crippen LogP contribution in [0.15, 0.2) is 0 Å². The molecular weight excluding hydrogens is 356 g/mol. The number of nitrogens with two attached hydrogens (primary N) is 2. The van der Waals surface area contributed by atoms with Gasteiger partial charge in [0.2, 0.25) is 0 Å². The van der Waals surface area contributed by atoms with Crippen molar-refractivity contribution < 1.29 is 27.5 Å². The van der Waals surface area contributed by atoms with E-state index < -0.39 is 20.9 Å². The molecule has 0 rings (SSSR count). The second kappa shape index (κ2) is 14.9. The van der Waals surface area contributed by atoms with Gasteiger partial charge in [-0.15, -0.1) is 0 Å². The molecule has 0 bridgehead atoms. The summed E-state index contributed by atoms with van der Waals surface area (Å²) >= 11 is 0. The first-order valence-corrected chi connectivity index (χ1v) is 11.7. The molecule has 158 valence electrons. The Morgan fingerprint density at radius 1 is 0.769 bits per heavy atom. The Morgan fingerprint density at radius 3 is 1.62 bits per heavy atom. The van der Waals surface area contributed by atoms with Gasteiger partial charge in [0.15, 0.2) is 0 Å². The lowest BCUT2D eigenvalue weighted by atomic mass is 10.2. The largest absolute Gasteiger partial charge is 0.501 e. The van der Waals surface area contributed by atoms with E-state index in [-0.39, 0.29) is 0 Å². The van der Waals surface area contributed by atoms with Gasteiger partial charge in [0.1, 0.15) is 6.10 Å². The first kappa shape index (κ1) is 25.9. The number of rotatable bonds is 18. The highest BCUT2D eigenvalue weighted by Crippen LogP contribution is 2.31. The number of ether oxygens (including phenoxy) is 3. The fourth-order valence-electron chi connectivity index (χ4n) is 2.75. The lowest BCUT2D eigenvalue weighted by Crippen LogP contribution is -2.58. The van der Waals surface area contributed by atoms with Crippen molar-refractivity contribution in [2.45, 2.75) is 65.6 Å². The third kappa shape index (κ3) is 8.28. The molecule has 0 aliphatic heterocycles. The zero-order chi connectivity index (χ0) is 19.9. The average molecular weight is 397 g/mol. The van der Waals surface area contributed by atoms with Gasteiger partial charge in [-0.2, -0.15) is 0 Å². The summed E-state index contributed by atoms with van der Waals surface area (Å²) in [6, 6.07) is 0.618. The van der Waals surface area contributed by atoms with E-state index >= 15 is 0 Å². The molecule has 0 aromatic rings. The van der Waals surface area contributed by atoms with E-state index in [1.807, 2.05) is 34.6 Å². The van der Waals surface area contributed by atoms with Crippen LogP contribution in [-0.4, -0.2) is 67.0 Å². The van der Waals surface area contributed by atoms with Crippen molar-refractivity contribution in [3.05, 3.63) is 0 Å². The van der Waals surface area contributed by atoms with Crippen molar-refractivity contribution in [1.82, 2.24) is 0 Å². The molecule has 0 aromatic heterocycles. The Morgan fingerprint density at radius 2 is 1.27 bits per heavy atom. The number of hydrogen-bond acceptors (Lipinski definition) is 8. The average Bonchev–Trinajstić information content (AvgIpc) is 2.60. The second-order valence-electron chi connectivity index (χ2n) is 5.53. The Labute approximate surface area is 160 Å². The normalized spacial score (nSPS) is 14.0. The van der Waals surface area contributed by atoms with E-state index in [9.17, 15) is 0 Å². The summed E-state index contributed by atoms with van der Waals surface area (Å²) in [6.07, 6.45) is 0.652. The monoisotopic (exact) mass is 396 g/mol. The minimum Gasteiger partial charge on any atom is -0.374 e. The lowest BCUT2D eigenvalue weighted by molar-refractivity contribution is -0.409. The third-order valence-electron chi connectivity index (χ3n) is 3.60. The topological polar surface area (TPSA) is 107 Å². The Balaban J connectivity index is 5.76. The predicted octanol–water partition coefficient (Wildman–Crippen LogP) is 1.84. The van der Waals surface area contributed by atoms with Gasteiger partial charge in [0, 0.05) is 39.1 Å². The van der Waals surface area contributed by atoms with E-state index in [4.69, 9.17) is 39.0 Å². The highest BCUT2D eigenvalue weighted by Gasteiger charge is 2.51. The number of hydrogen-bond donors (Lipinski definition) is 2. The highest BCUT2D eigenvalue weighted by atomic mass is 28.4. The minimum absolute atomic E-state index is 0.388. The molecule has 8 nitrogen and oxygen atoms in total. The van der Waals surface area contributed by atoms with Crippen LogP contribution >= 0.6 is 0 Å². The molecule has 0 saturated carbocycles. The Bertz CT molecular complexity index is 315. The summed E-state index contributed by atoms with van der Waals surface area (Å²) in [6.45, 7) is 12.6. The molecule has 1 atom stereocenters. The molecule has 26 heavy (non-hydrogen) atoms. The van der Waals surface area contributed by atoms with Crippen LogP contribution in [0.25, 0.3) is 0 Å². The van der Waals surface area contributed by atoms with Crippen LogP contribution in [0.1, 0.15) is 47.5 Å². The SMILES string of the molecule is CCOC(OCC)(OCC)C(CCN)O[Si](CCCN)(OCC)OCC. The van der Waals surface area contributed by atoms with Crippen molar-refractivity contribution in [3.8, 4) is 0 Å². The highest BCUT2D eigenvalue weighted by molar-refractivity contribution is 6.60. The molecule has 0 heterocycles. The van der Waals surface area contributed by atoms with Crippen LogP contribution in [0.3, 0.4) is 0 Å². The summed E-state index contributed by atoms with van der Waals surface area (Å²) in [5, 5.41) is 0. The Kier molecular flexibility index (Phi) is 14.8. The first-order valence-electron chi connectivity index (χ1n) is 9.81. The van der Waals surface area contributed by atoms with E-state index in [0.717, 1.165) is 6.42 Å². The van der Waals surface area contributed by atoms with Crippen molar-refractivity contribution in [2.24, 2.45) is 11.5 Å². The molecule has 0 aliphatic carbocycles. The fraction of sp³-hybridized carbons (Fsp3) is 1.00. The van der Waals surface area contributed by atoms with Crippen molar-refractivity contribution in [3.63, 3.8) is 0 Å². The van der Waals surface area contributed by atoms with Gasteiger partial charge in [0.05, 0.1) is 0 Å². The van der Waals surface area contributed by atoms with Crippen LogP contribution in [-0.2, 0) is 27.5 Å². The van der Waals surface area contributed by atoms with E-state index in [1.165, 1.54) is 0 Å². The van der Waals surface area contributed by atoms with Crippen molar-refractivity contribution in [2.75, 3.05) is 46.1 Å². The summed E-state index contributed by atoms with van der Waals surface area (Å²) in [5.41, 5.74) is 11.6. The van der Waals surface area contributed by atoms with Crippen LogP contribution in [0.2, 0.25) is 6.04 Å². The van der Waals surface area contributed by atoms with Gasteiger partial charge in [-0.05, 0) is 60.5 Å². The van der Waals surface area contributed by atoms with Gasteiger partial charge in [-0.25, -0.2) is 0 Å². The van der Waals surface area contributed by atoms with E-state index in [1.54, 1.807) is 0 Å². The zero-order valence-electron chi connectivity index (χ0n) is 17.3. The fourth-order valence-corrected chi connectivity index (χ4v) is 5.59. The van der Waals surface area contributed by atoms with E-state index in [2.05, 4.69) is 0 Å². The maximum atomic E-state index is 6.47. The van der Waals surface area contributed by atoms with Crippen LogP contribution in [0, 0.1) is 0 Å². The minimum atomic E-state index is -2.99. The molecule has 0 aromatic carbocycles. The lowest BCUT2D eigenvalue weighted by Gasteiger charge is -2.42.